The second-order valence-electron chi connectivity index (χ2n) is 7.60. The highest BCUT2D eigenvalue weighted by atomic mass is 16.5. The van der Waals surface area contributed by atoms with Crippen LogP contribution in [0.15, 0.2) is 68.8 Å². The van der Waals surface area contributed by atoms with Crippen LogP contribution in [0.5, 0.6) is 11.6 Å². The molecule has 2 heterocycles. The van der Waals surface area contributed by atoms with Crippen LogP contribution in [0, 0.1) is 0 Å². The van der Waals surface area contributed by atoms with Crippen LogP contribution in [0.1, 0.15) is 25.8 Å². The van der Waals surface area contributed by atoms with Crippen LogP contribution in [0.25, 0.3) is 17.3 Å². The summed E-state index contributed by atoms with van der Waals surface area (Å²) in [5, 5.41) is 15.4. The Balaban J connectivity index is 1.87. The maximum Gasteiger partial charge on any atom is 0.335 e. The van der Waals surface area contributed by atoms with Gasteiger partial charge >= 0.3 is 5.69 Å². The molecule has 0 unspecified atom stereocenters. The zero-order chi connectivity index (χ0) is 24.2. The lowest BCUT2D eigenvalue weighted by Crippen LogP contribution is -2.30. The molecular weight excluding hydrogens is 436 g/mol. The van der Waals surface area contributed by atoms with Gasteiger partial charge in [0.15, 0.2) is 0 Å². The molecule has 1 amide bonds. The Hall–Kier alpha value is -4.40. The first kappa shape index (κ1) is 22.8. The number of aromatic amines is 1. The Morgan fingerprint density at radius 2 is 1.91 bits per heavy atom. The van der Waals surface area contributed by atoms with Gasteiger partial charge in [0, 0.05) is 18.7 Å². The van der Waals surface area contributed by atoms with Crippen molar-refractivity contribution in [3.05, 3.63) is 91.2 Å². The van der Waals surface area contributed by atoms with E-state index in [2.05, 4.69) is 15.3 Å². The number of carbonyl (C=O) groups is 1. The minimum Gasteiger partial charge on any atom is -0.494 e. The molecule has 0 saturated carbocycles. The fraction of sp³-hybridized carbons (Fsp3) is 0.200. The molecule has 1 aliphatic heterocycles. The number of allylic oxidation sites excluding steroid dienone is 1. The average Bonchev–Trinajstić information content (AvgIpc) is 3.15. The Morgan fingerprint density at radius 1 is 1.18 bits per heavy atom. The molecule has 34 heavy (non-hydrogen) atoms. The molecule has 0 aliphatic carbocycles. The zero-order valence-electron chi connectivity index (χ0n) is 18.8. The van der Waals surface area contributed by atoms with Crippen molar-refractivity contribution < 1.29 is 14.6 Å². The van der Waals surface area contributed by atoms with Crippen LogP contribution in [-0.2, 0) is 4.79 Å². The molecule has 0 fully saturated rings. The van der Waals surface area contributed by atoms with Crippen LogP contribution in [0.3, 0.4) is 0 Å². The summed E-state index contributed by atoms with van der Waals surface area (Å²) in [7, 11) is 0. The van der Waals surface area contributed by atoms with Gasteiger partial charge in [-0.15, -0.1) is 0 Å². The van der Waals surface area contributed by atoms with Crippen molar-refractivity contribution in [2.45, 2.75) is 20.3 Å². The summed E-state index contributed by atoms with van der Waals surface area (Å²) >= 11 is 0. The third-order valence-corrected chi connectivity index (χ3v) is 5.34. The van der Waals surface area contributed by atoms with E-state index >= 15 is 0 Å². The molecule has 174 valence electrons. The fourth-order valence-corrected chi connectivity index (χ4v) is 3.86. The van der Waals surface area contributed by atoms with Crippen LogP contribution in [-0.4, -0.2) is 33.7 Å². The number of carbonyl (C=O) groups excluding carboxylic acids is 1. The number of ether oxygens (including phenoxy) is 1. The summed E-state index contributed by atoms with van der Waals surface area (Å²) in [6, 6.07) is 14.2. The number of para-hydroxylation sites is 3. The number of amides is 1. The van der Waals surface area contributed by atoms with E-state index in [9.17, 15) is 19.5 Å². The zero-order valence-corrected chi connectivity index (χ0v) is 18.8. The highest BCUT2D eigenvalue weighted by Crippen LogP contribution is 2.28. The predicted octanol–water partition coefficient (Wildman–Crippen LogP) is 0.981. The van der Waals surface area contributed by atoms with Gasteiger partial charge in [0.2, 0.25) is 11.8 Å². The number of fused-ring (bicyclic) bond motifs is 1. The predicted molar refractivity (Wildman–Crippen MR) is 127 cm³/mol. The summed E-state index contributed by atoms with van der Waals surface area (Å²) < 4.78 is 6.59. The minimum atomic E-state index is -0.793. The molecule has 0 bridgehead atoms. The topological polar surface area (TPSA) is 126 Å². The molecular formula is C25H24N4O5. The molecule has 9 nitrogen and oxygen atoms in total. The molecule has 9 heteroatoms. The average molecular weight is 460 g/mol. The molecule has 1 aliphatic rings. The van der Waals surface area contributed by atoms with Gasteiger partial charge in [-0.05, 0) is 43.2 Å². The summed E-state index contributed by atoms with van der Waals surface area (Å²) in [5.41, 5.74) is -0.0733. The summed E-state index contributed by atoms with van der Waals surface area (Å²) in [4.78, 5) is 43.6. The minimum absolute atomic E-state index is 0.116. The number of rotatable bonds is 7. The van der Waals surface area contributed by atoms with E-state index in [1.165, 1.54) is 13.0 Å². The quantitative estimate of drug-likeness (QED) is 0.485. The lowest BCUT2D eigenvalue weighted by molar-refractivity contribution is -0.118. The number of hydrogen-bond acceptors (Lipinski definition) is 6. The van der Waals surface area contributed by atoms with Crippen molar-refractivity contribution in [3.8, 4) is 17.3 Å². The lowest BCUT2D eigenvalue weighted by Gasteiger charge is -2.14. The standard InChI is InChI=1S/C25H24N4O5/c1-3-34-22-11-7-6-10-21(22)29-24(32)18(23(31)28-25(29)33)14-20-17(12-13-26-15(2)30)16-8-4-5-9-19(16)27-20/h4-11,14,32H,3,12-13H2,1-2H3,(H,26,30)(H,28,31,33)/b20-14-. The van der Waals surface area contributed by atoms with Crippen LogP contribution in [0.2, 0.25) is 0 Å². The van der Waals surface area contributed by atoms with E-state index < -0.39 is 17.1 Å². The maximum atomic E-state index is 12.7. The molecule has 3 N–H and O–H groups in total. The van der Waals surface area contributed by atoms with Crippen LogP contribution >= 0.6 is 0 Å². The molecule has 4 rings (SSSR count). The Labute approximate surface area is 194 Å². The molecule has 1 aromatic heterocycles. The van der Waals surface area contributed by atoms with Gasteiger partial charge in [-0.3, -0.25) is 14.6 Å². The molecule has 3 aromatic rings. The number of aromatic nitrogens is 2. The van der Waals surface area contributed by atoms with Crippen LogP contribution < -0.4 is 31.9 Å². The van der Waals surface area contributed by atoms with E-state index in [4.69, 9.17) is 4.74 Å². The van der Waals surface area contributed by atoms with Gasteiger partial charge in [-0.1, -0.05) is 30.3 Å². The molecule has 0 saturated heterocycles. The van der Waals surface area contributed by atoms with E-state index in [0.717, 1.165) is 20.7 Å². The van der Waals surface area contributed by atoms with Crippen molar-refractivity contribution in [1.29, 1.82) is 0 Å². The smallest absolute Gasteiger partial charge is 0.335 e. The second-order valence-corrected chi connectivity index (χ2v) is 7.60. The van der Waals surface area contributed by atoms with Crippen molar-refractivity contribution in [3.63, 3.8) is 0 Å². The summed E-state index contributed by atoms with van der Waals surface area (Å²) in [5.74, 6) is -0.294. The molecule has 0 radical (unpaired) electrons. The normalized spacial score (nSPS) is 13.5. The maximum absolute atomic E-state index is 12.7. The highest BCUT2D eigenvalue weighted by molar-refractivity contribution is 5.77. The first-order chi connectivity index (χ1) is 16.4. The number of aromatic hydroxyl groups is 1. The number of benzene rings is 2. The van der Waals surface area contributed by atoms with Crippen molar-refractivity contribution in [2.24, 2.45) is 4.99 Å². The fourth-order valence-electron chi connectivity index (χ4n) is 3.86. The SMILES string of the molecule is CCOc1ccccc1-n1c(O)c(/C=C2\N=c3ccccc3=C2CCNC(C)=O)c(=O)[nH]c1=O. The van der Waals surface area contributed by atoms with E-state index in [0.29, 0.717) is 36.7 Å². The van der Waals surface area contributed by atoms with Crippen molar-refractivity contribution >= 4 is 17.6 Å². The molecule has 2 aromatic carbocycles. The lowest BCUT2D eigenvalue weighted by atomic mass is 10.1. The van der Waals surface area contributed by atoms with Crippen molar-refractivity contribution in [1.82, 2.24) is 14.9 Å². The van der Waals surface area contributed by atoms with Crippen molar-refractivity contribution in [2.75, 3.05) is 13.2 Å². The van der Waals surface area contributed by atoms with E-state index in [-0.39, 0.29) is 11.5 Å². The highest BCUT2D eigenvalue weighted by Gasteiger charge is 2.20. The summed E-state index contributed by atoms with van der Waals surface area (Å²) in [6.45, 7) is 3.99. The monoisotopic (exact) mass is 460 g/mol. The first-order valence-corrected chi connectivity index (χ1v) is 10.8. The Bertz CT molecular complexity index is 1530. The van der Waals surface area contributed by atoms with Crippen LogP contribution in [0.4, 0.5) is 0 Å². The number of nitrogens with one attached hydrogen (secondary N) is 2. The molecule has 0 atom stereocenters. The third kappa shape index (κ3) is 4.40. The van der Waals surface area contributed by atoms with E-state index in [1.807, 2.05) is 24.3 Å². The largest absolute Gasteiger partial charge is 0.494 e. The second kappa shape index (κ2) is 9.62. The Kier molecular flexibility index (Phi) is 6.44. The number of H-pyrrole nitrogens is 1. The van der Waals surface area contributed by atoms with Gasteiger partial charge in [-0.2, -0.15) is 0 Å². The summed E-state index contributed by atoms with van der Waals surface area (Å²) in [6.07, 6.45) is 1.92. The van der Waals surface area contributed by atoms with E-state index in [1.54, 1.807) is 31.2 Å². The Morgan fingerprint density at radius 3 is 2.68 bits per heavy atom. The third-order valence-electron chi connectivity index (χ3n) is 5.34. The first-order valence-electron chi connectivity index (χ1n) is 10.8. The molecule has 0 spiro atoms. The van der Waals surface area contributed by atoms with Gasteiger partial charge in [0.05, 0.1) is 23.3 Å². The van der Waals surface area contributed by atoms with Gasteiger partial charge < -0.3 is 15.2 Å². The number of nitrogens with zero attached hydrogens (tertiary/aromatic N) is 2. The van der Waals surface area contributed by atoms with Gasteiger partial charge in [-0.25, -0.2) is 14.4 Å². The van der Waals surface area contributed by atoms with Gasteiger partial charge in [0.25, 0.3) is 5.56 Å². The van der Waals surface area contributed by atoms with Gasteiger partial charge in [0.1, 0.15) is 11.3 Å². The number of hydrogen-bond donors (Lipinski definition) is 3.